The predicted octanol–water partition coefficient (Wildman–Crippen LogP) is 4.31. The average Bonchev–Trinajstić information content (AvgIpc) is 2.74. The van der Waals surface area contributed by atoms with Crippen LogP contribution in [0.3, 0.4) is 0 Å². The molecule has 0 saturated heterocycles. The zero-order valence-corrected chi connectivity index (χ0v) is 12.6. The molecule has 0 bridgehead atoms. The number of nitrogens with zero attached hydrogens (tertiary/aromatic N) is 1. The molecule has 0 aliphatic heterocycles. The summed E-state index contributed by atoms with van der Waals surface area (Å²) in [5, 5.41) is 4.62. The van der Waals surface area contributed by atoms with Gasteiger partial charge < -0.3 is 10.2 Å². The number of hydrogen-bond acceptors (Lipinski definition) is 2. The predicted molar refractivity (Wildman–Crippen MR) is 78.9 cm³/mol. The molecule has 19 heavy (non-hydrogen) atoms. The summed E-state index contributed by atoms with van der Waals surface area (Å²) in [5.74, 6) is -0.373. The smallest absolute Gasteiger partial charge is 0.321 e. The second-order valence-corrected chi connectivity index (χ2v) is 5.94. The largest absolute Gasteiger partial charge is 0.322 e. The first-order valence-corrected chi connectivity index (χ1v) is 7.22. The van der Waals surface area contributed by atoms with Crippen LogP contribution in [0.4, 0.5) is 14.9 Å². The maximum absolute atomic E-state index is 13.0. The Morgan fingerprint density at radius 1 is 1.47 bits per heavy atom. The third-order valence-electron chi connectivity index (χ3n) is 2.44. The van der Waals surface area contributed by atoms with E-state index >= 15 is 0 Å². The zero-order chi connectivity index (χ0) is 13.8. The van der Waals surface area contributed by atoms with Crippen molar-refractivity contribution in [2.45, 2.75) is 6.54 Å². The van der Waals surface area contributed by atoms with Crippen molar-refractivity contribution in [2.24, 2.45) is 0 Å². The molecule has 0 unspecified atom stereocenters. The van der Waals surface area contributed by atoms with Crippen molar-refractivity contribution in [1.82, 2.24) is 4.90 Å². The molecule has 0 radical (unpaired) electrons. The normalized spacial score (nSPS) is 10.3. The van der Waals surface area contributed by atoms with E-state index < -0.39 is 0 Å². The van der Waals surface area contributed by atoms with Gasteiger partial charge in [0.2, 0.25) is 0 Å². The minimum absolute atomic E-state index is 0.268. The van der Waals surface area contributed by atoms with Gasteiger partial charge in [0.05, 0.1) is 6.54 Å². The van der Waals surface area contributed by atoms with Gasteiger partial charge in [0.1, 0.15) is 5.82 Å². The van der Waals surface area contributed by atoms with Crippen LogP contribution in [0, 0.1) is 5.82 Å². The lowest BCUT2D eigenvalue weighted by molar-refractivity contribution is 0.221. The highest BCUT2D eigenvalue weighted by atomic mass is 79.9. The molecule has 0 fully saturated rings. The van der Waals surface area contributed by atoms with Gasteiger partial charge >= 0.3 is 6.03 Å². The third-order valence-corrected chi connectivity index (χ3v) is 4.12. The monoisotopic (exact) mass is 342 g/mol. The summed E-state index contributed by atoms with van der Waals surface area (Å²) in [6, 6.07) is 7.53. The van der Waals surface area contributed by atoms with Gasteiger partial charge in [-0.15, -0.1) is 11.3 Å². The summed E-state index contributed by atoms with van der Waals surface area (Å²) in [4.78, 5) is 14.5. The fraction of sp³-hybridized carbons (Fsp3) is 0.154. The highest BCUT2D eigenvalue weighted by Gasteiger charge is 2.10. The molecular weight excluding hydrogens is 331 g/mol. The number of carbonyl (C=O) groups is 1. The maximum Gasteiger partial charge on any atom is 0.321 e. The zero-order valence-electron chi connectivity index (χ0n) is 10.2. The average molecular weight is 343 g/mol. The molecule has 1 aromatic carbocycles. The number of thiophene rings is 1. The fourth-order valence-electron chi connectivity index (χ4n) is 1.53. The molecule has 0 spiro atoms. The molecule has 0 aliphatic carbocycles. The van der Waals surface area contributed by atoms with Crippen LogP contribution in [-0.2, 0) is 6.54 Å². The molecule has 0 atom stereocenters. The number of benzene rings is 1. The number of carbonyl (C=O) groups excluding carboxylic acids is 1. The Morgan fingerprint density at radius 3 is 2.89 bits per heavy atom. The number of hydrogen-bond donors (Lipinski definition) is 1. The van der Waals surface area contributed by atoms with Crippen LogP contribution in [0.5, 0.6) is 0 Å². The first kappa shape index (κ1) is 14.0. The Morgan fingerprint density at radius 2 is 2.26 bits per heavy atom. The van der Waals surface area contributed by atoms with E-state index in [1.807, 2.05) is 11.4 Å². The lowest BCUT2D eigenvalue weighted by Gasteiger charge is -2.17. The van der Waals surface area contributed by atoms with Gasteiger partial charge in [-0.25, -0.2) is 9.18 Å². The summed E-state index contributed by atoms with van der Waals surface area (Å²) >= 11 is 4.95. The van der Waals surface area contributed by atoms with Crippen molar-refractivity contribution < 1.29 is 9.18 Å². The lowest BCUT2D eigenvalue weighted by Crippen LogP contribution is -2.30. The second kappa shape index (κ2) is 6.16. The van der Waals surface area contributed by atoms with Crippen LogP contribution in [-0.4, -0.2) is 18.0 Å². The number of amides is 2. The highest BCUT2D eigenvalue weighted by Crippen LogP contribution is 2.21. The highest BCUT2D eigenvalue weighted by molar-refractivity contribution is 9.10. The van der Waals surface area contributed by atoms with Crippen LogP contribution >= 0.6 is 27.3 Å². The van der Waals surface area contributed by atoms with Crippen LogP contribution < -0.4 is 5.32 Å². The van der Waals surface area contributed by atoms with Gasteiger partial charge in [-0.2, -0.15) is 0 Å². The standard InChI is InChI=1S/C13H12BrFN2OS/c1-17(7-12-5-9(14)8-19-12)13(18)16-11-4-2-3-10(15)6-11/h2-6,8H,7H2,1H3,(H,16,18). The molecule has 1 heterocycles. The Hall–Kier alpha value is -1.40. The van der Waals surface area contributed by atoms with Crippen molar-refractivity contribution in [3.63, 3.8) is 0 Å². The van der Waals surface area contributed by atoms with E-state index in [0.29, 0.717) is 12.2 Å². The molecule has 0 aliphatic rings. The van der Waals surface area contributed by atoms with Gasteiger partial charge in [-0.3, -0.25) is 0 Å². The Kier molecular flexibility index (Phi) is 4.55. The van der Waals surface area contributed by atoms with Gasteiger partial charge in [-0.05, 0) is 40.2 Å². The fourth-order valence-corrected chi connectivity index (χ4v) is 3.03. The number of rotatable bonds is 3. The van der Waals surface area contributed by atoms with E-state index in [2.05, 4.69) is 21.2 Å². The van der Waals surface area contributed by atoms with Crippen molar-refractivity contribution in [3.8, 4) is 0 Å². The minimum Gasteiger partial charge on any atom is -0.322 e. The summed E-state index contributed by atoms with van der Waals surface area (Å²) in [6.07, 6.45) is 0. The van der Waals surface area contributed by atoms with E-state index in [1.165, 1.54) is 12.1 Å². The summed E-state index contributed by atoms with van der Waals surface area (Å²) < 4.78 is 14.0. The molecule has 2 rings (SSSR count). The Balaban J connectivity index is 1.96. The van der Waals surface area contributed by atoms with Crippen LogP contribution in [0.15, 0.2) is 40.2 Å². The topological polar surface area (TPSA) is 32.3 Å². The molecule has 1 N–H and O–H groups in total. The molecule has 2 aromatic rings. The Labute approximate surface area is 123 Å². The molecule has 6 heteroatoms. The van der Waals surface area contributed by atoms with Gasteiger partial charge in [-0.1, -0.05) is 6.07 Å². The van der Waals surface area contributed by atoms with Crippen molar-refractivity contribution in [2.75, 3.05) is 12.4 Å². The third kappa shape index (κ3) is 4.04. The second-order valence-electron chi connectivity index (χ2n) is 4.03. The first-order chi connectivity index (χ1) is 9.04. The minimum atomic E-state index is -0.373. The van der Waals surface area contributed by atoms with Gasteiger partial charge in [0.25, 0.3) is 0 Å². The Bertz CT molecular complexity index is 588. The number of urea groups is 1. The van der Waals surface area contributed by atoms with E-state index in [9.17, 15) is 9.18 Å². The summed E-state index contributed by atoms with van der Waals surface area (Å²) in [7, 11) is 1.70. The molecule has 2 amide bonds. The quantitative estimate of drug-likeness (QED) is 0.885. The van der Waals surface area contributed by atoms with Crippen LogP contribution in [0.1, 0.15) is 4.88 Å². The van der Waals surface area contributed by atoms with E-state index in [0.717, 1.165) is 9.35 Å². The van der Waals surface area contributed by atoms with Gasteiger partial charge in [0, 0.05) is 27.5 Å². The maximum atomic E-state index is 13.0. The van der Waals surface area contributed by atoms with E-state index in [4.69, 9.17) is 0 Å². The van der Waals surface area contributed by atoms with Crippen LogP contribution in [0.2, 0.25) is 0 Å². The molecule has 0 saturated carbocycles. The van der Waals surface area contributed by atoms with Crippen molar-refractivity contribution >= 4 is 39.0 Å². The number of halogens is 2. The SMILES string of the molecule is CN(Cc1cc(Br)cs1)C(=O)Nc1cccc(F)c1. The van der Waals surface area contributed by atoms with Crippen molar-refractivity contribution in [1.29, 1.82) is 0 Å². The van der Waals surface area contributed by atoms with E-state index in [1.54, 1.807) is 35.4 Å². The molecule has 1 aromatic heterocycles. The molecule has 3 nitrogen and oxygen atoms in total. The van der Waals surface area contributed by atoms with E-state index in [-0.39, 0.29) is 11.8 Å². The van der Waals surface area contributed by atoms with Crippen LogP contribution in [0.25, 0.3) is 0 Å². The number of nitrogens with one attached hydrogen (secondary N) is 1. The van der Waals surface area contributed by atoms with Crippen molar-refractivity contribution in [3.05, 3.63) is 50.9 Å². The summed E-state index contributed by atoms with van der Waals surface area (Å²) in [6.45, 7) is 0.511. The molecular formula is C13H12BrFN2OS. The lowest BCUT2D eigenvalue weighted by atomic mass is 10.3. The number of anilines is 1. The first-order valence-electron chi connectivity index (χ1n) is 5.55. The van der Waals surface area contributed by atoms with Gasteiger partial charge in [0.15, 0.2) is 0 Å². The molecule has 100 valence electrons. The summed E-state index contributed by atoms with van der Waals surface area (Å²) in [5.41, 5.74) is 0.448.